The molecule has 1 fully saturated rings. The molecule has 3 unspecified atom stereocenters. The molecule has 1 aliphatic heterocycles. The lowest BCUT2D eigenvalue weighted by Crippen LogP contribution is -2.40. The van der Waals surface area contributed by atoms with Crippen molar-refractivity contribution in [2.24, 2.45) is 0 Å². The Bertz CT molecular complexity index is 1430. The van der Waals surface area contributed by atoms with Crippen LogP contribution < -0.4 is 5.32 Å². The first kappa shape index (κ1) is 41.3. The molecule has 1 heterocycles. The molecular formula is C45H64N2O5. The Hall–Kier alpha value is -3.49. The van der Waals surface area contributed by atoms with Crippen LogP contribution in [0.4, 0.5) is 4.79 Å². The van der Waals surface area contributed by atoms with Crippen LogP contribution in [0.1, 0.15) is 132 Å². The average molecular weight is 713 g/mol. The van der Waals surface area contributed by atoms with Gasteiger partial charge < -0.3 is 29.5 Å². The maximum atomic E-state index is 12.0. The zero-order valence-corrected chi connectivity index (χ0v) is 31.9. The molecule has 3 aromatic rings. The fourth-order valence-corrected chi connectivity index (χ4v) is 6.93. The topological polar surface area (TPSA) is 80.3 Å². The van der Waals surface area contributed by atoms with Crippen molar-refractivity contribution < 1.29 is 24.1 Å². The van der Waals surface area contributed by atoms with Gasteiger partial charge in [-0.2, -0.15) is 0 Å². The highest BCUT2D eigenvalue weighted by Gasteiger charge is 2.33. The number of alkyl carbamates (subject to hydrolysis) is 1. The van der Waals surface area contributed by atoms with Gasteiger partial charge in [-0.3, -0.25) is 0 Å². The maximum absolute atomic E-state index is 12.0. The number of nitrogens with one attached hydrogen (secondary N) is 1. The van der Waals surface area contributed by atoms with Crippen LogP contribution in [0.3, 0.4) is 0 Å². The van der Waals surface area contributed by atoms with E-state index >= 15 is 0 Å². The molecule has 0 spiro atoms. The van der Waals surface area contributed by atoms with E-state index in [0.29, 0.717) is 6.54 Å². The van der Waals surface area contributed by atoms with Crippen molar-refractivity contribution in [3.63, 3.8) is 0 Å². The molecule has 4 rings (SSSR count). The van der Waals surface area contributed by atoms with Crippen LogP contribution in [0, 0.1) is 0 Å². The highest BCUT2D eigenvalue weighted by Crippen LogP contribution is 2.39. The normalized spacial score (nSPS) is 17.3. The Morgan fingerprint density at radius 1 is 0.808 bits per heavy atom. The minimum atomic E-state index is -0.518. The quantitative estimate of drug-likeness (QED) is 0.0711. The van der Waals surface area contributed by atoms with E-state index in [2.05, 4.69) is 79.2 Å². The van der Waals surface area contributed by atoms with Crippen LogP contribution in [0.25, 0.3) is 11.1 Å². The number of unbranched alkanes of at least 4 members (excludes halogenated alkanes) is 10. The largest absolute Gasteiger partial charge is 0.445 e. The molecular weight excluding hydrogens is 649 g/mol. The maximum Gasteiger partial charge on any atom is 0.407 e. The molecule has 3 aromatic carbocycles. The fourth-order valence-electron chi connectivity index (χ4n) is 6.93. The highest BCUT2D eigenvalue weighted by atomic mass is 16.7. The Kier molecular flexibility index (Phi) is 19.0. The van der Waals surface area contributed by atoms with Gasteiger partial charge in [0.15, 0.2) is 6.29 Å². The van der Waals surface area contributed by atoms with Gasteiger partial charge in [0.25, 0.3) is 0 Å². The van der Waals surface area contributed by atoms with Gasteiger partial charge >= 0.3 is 6.09 Å². The fraction of sp³-hybridized carbons (Fsp3) is 0.533. The number of aliphatic hydroxyl groups is 1. The molecule has 2 N–H and O–H groups in total. The monoisotopic (exact) mass is 712 g/mol. The van der Waals surface area contributed by atoms with Gasteiger partial charge in [-0.25, -0.2) is 4.79 Å². The predicted octanol–water partition coefficient (Wildman–Crippen LogP) is 10.8. The molecule has 3 atom stereocenters. The van der Waals surface area contributed by atoms with E-state index in [4.69, 9.17) is 14.2 Å². The zero-order chi connectivity index (χ0) is 36.8. The SMILES string of the molecule is C=CCOC(=O)NCc1cccc(-c2cccc(C3OC(CN(CCCCCCCC)CCCCCCCC)CC(c4ccc(CO)cc4)O3)c2)c1. The van der Waals surface area contributed by atoms with Crippen molar-refractivity contribution in [3.05, 3.63) is 108 Å². The number of amides is 1. The standard InChI is InChI=1S/C45H64N2O5/c1-4-7-9-11-13-15-27-47(28-16-14-12-10-8-5-2)34-42-32-43(38-25-23-36(35-48)24-26-38)52-44(51-42)41-22-18-21-40(31-41)39-20-17-19-37(30-39)33-46-45(49)50-29-6-3/h6,17-26,30-31,42-44,48H,3-5,7-16,27-29,32-35H2,1-2H3,(H,46,49). The summed E-state index contributed by atoms with van der Waals surface area (Å²) in [7, 11) is 0. The summed E-state index contributed by atoms with van der Waals surface area (Å²) in [6.07, 6.45) is 16.8. The Balaban J connectivity index is 1.50. The lowest BCUT2D eigenvalue weighted by molar-refractivity contribution is -0.253. The second-order valence-electron chi connectivity index (χ2n) is 14.3. The van der Waals surface area contributed by atoms with Gasteiger partial charge in [0.1, 0.15) is 6.61 Å². The Morgan fingerprint density at radius 3 is 2.10 bits per heavy atom. The smallest absolute Gasteiger partial charge is 0.407 e. The second kappa shape index (κ2) is 23.9. The molecule has 0 saturated carbocycles. The van der Waals surface area contributed by atoms with Crippen LogP contribution in [0.5, 0.6) is 0 Å². The first-order chi connectivity index (χ1) is 25.5. The predicted molar refractivity (Wildman–Crippen MR) is 212 cm³/mol. The van der Waals surface area contributed by atoms with Gasteiger partial charge in [0, 0.05) is 25.1 Å². The molecule has 0 bridgehead atoms. The summed E-state index contributed by atoms with van der Waals surface area (Å²) < 4.78 is 18.7. The number of aliphatic hydroxyl groups excluding tert-OH is 1. The molecule has 7 nitrogen and oxygen atoms in total. The molecule has 284 valence electrons. The van der Waals surface area contributed by atoms with E-state index in [0.717, 1.165) is 59.4 Å². The summed E-state index contributed by atoms with van der Waals surface area (Å²) in [5, 5.41) is 12.5. The molecule has 1 amide bonds. The van der Waals surface area contributed by atoms with E-state index in [-0.39, 0.29) is 25.4 Å². The van der Waals surface area contributed by atoms with E-state index in [1.807, 2.05) is 24.3 Å². The lowest BCUT2D eigenvalue weighted by atomic mass is 9.98. The second-order valence-corrected chi connectivity index (χ2v) is 14.3. The molecule has 7 heteroatoms. The van der Waals surface area contributed by atoms with Crippen molar-refractivity contribution in [1.29, 1.82) is 0 Å². The Morgan fingerprint density at radius 2 is 1.44 bits per heavy atom. The Labute approximate surface area is 313 Å². The van der Waals surface area contributed by atoms with Crippen molar-refractivity contribution in [1.82, 2.24) is 10.2 Å². The number of carbonyl (C=O) groups is 1. The molecule has 1 saturated heterocycles. The summed E-state index contributed by atoms with van der Waals surface area (Å²) in [5.74, 6) is 0. The van der Waals surface area contributed by atoms with Crippen molar-refractivity contribution in [2.45, 2.75) is 129 Å². The van der Waals surface area contributed by atoms with Crippen LogP contribution in [0.15, 0.2) is 85.5 Å². The van der Waals surface area contributed by atoms with Crippen LogP contribution in [-0.4, -0.2) is 48.4 Å². The first-order valence-electron chi connectivity index (χ1n) is 20.0. The molecule has 52 heavy (non-hydrogen) atoms. The summed E-state index contributed by atoms with van der Waals surface area (Å²) in [6.45, 7) is 11.8. The molecule has 0 radical (unpaired) electrons. The van der Waals surface area contributed by atoms with Crippen molar-refractivity contribution in [3.8, 4) is 11.1 Å². The van der Waals surface area contributed by atoms with Gasteiger partial charge in [-0.1, -0.05) is 151 Å². The van der Waals surface area contributed by atoms with Crippen molar-refractivity contribution in [2.75, 3.05) is 26.2 Å². The number of ether oxygens (including phenoxy) is 3. The molecule has 1 aliphatic rings. The van der Waals surface area contributed by atoms with Gasteiger partial charge in [-0.05, 0) is 65.9 Å². The summed E-state index contributed by atoms with van der Waals surface area (Å²) >= 11 is 0. The third-order valence-corrected chi connectivity index (χ3v) is 9.92. The summed E-state index contributed by atoms with van der Waals surface area (Å²) in [4.78, 5) is 14.6. The van der Waals surface area contributed by atoms with E-state index in [9.17, 15) is 9.90 Å². The third-order valence-electron chi connectivity index (χ3n) is 9.92. The first-order valence-corrected chi connectivity index (χ1v) is 20.0. The lowest BCUT2D eigenvalue weighted by Gasteiger charge is -2.38. The minimum absolute atomic E-state index is 0.0142. The van der Waals surface area contributed by atoms with Gasteiger partial charge in [0.2, 0.25) is 0 Å². The zero-order valence-electron chi connectivity index (χ0n) is 31.9. The van der Waals surface area contributed by atoms with Gasteiger partial charge in [-0.15, -0.1) is 0 Å². The minimum Gasteiger partial charge on any atom is -0.445 e. The number of rotatable bonds is 24. The molecule has 0 aromatic heterocycles. The highest BCUT2D eigenvalue weighted by molar-refractivity contribution is 5.68. The van der Waals surface area contributed by atoms with Crippen molar-refractivity contribution >= 4 is 6.09 Å². The van der Waals surface area contributed by atoms with E-state index in [1.54, 1.807) is 6.08 Å². The number of benzene rings is 3. The number of hydrogen-bond acceptors (Lipinski definition) is 6. The number of nitrogens with zero attached hydrogens (tertiary/aromatic N) is 1. The van der Waals surface area contributed by atoms with Gasteiger partial charge in [0.05, 0.1) is 18.8 Å². The summed E-state index contributed by atoms with van der Waals surface area (Å²) in [5.41, 5.74) is 6.07. The van der Waals surface area contributed by atoms with Crippen LogP contribution in [-0.2, 0) is 27.4 Å². The number of hydrogen-bond donors (Lipinski definition) is 2. The van der Waals surface area contributed by atoms with Crippen LogP contribution >= 0.6 is 0 Å². The molecule has 0 aliphatic carbocycles. The average Bonchev–Trinajstić information content (AvgIpc) is 3.18. The van der Waals surface area contributed by atoms with E-state index in [1.165, 1.54) is 77.0 Å². The summed E-state index contributed by atoms with van der Waals surface area (Å²) in [6, 6.07) is 24.7. The number of carbonyl (C=O) groups excluding carboxylic acids is 1. The van der Waals surface area contributed by atoms with Crippen LogP contribution in [0.2, 0.25) is 0 Å². The third kappa shape index (κ3) is 14.5. The van der Waals surface area contributed by atoms with E-state index < -0.39 is 12.4 Å².